The minimum Gasteiger partial charge on any atom is -0.395 e. The van der Waals surface area contributed by atoms with Gasteiger partial charge in [-0.3, -0.25) is 0 Å². The maximum atomic E-state index is 12.2. The monoisotopic (exact) mass is 275 g/mol. The van der Waals surface area contributed by atoms with Crippen molar-refractivity contribution in [2.24, 2.45) is 0 Å². The van der Waals surface area contributed by atoms with Crippen molar-refractivity contribution in [3.8, 4) is 0 Å². The van der Waals surface area contributed by atoms with E-state index in [4.69, 9.17) is 5.11 Å². The molecular weight excluding hydrogens is 254 g/mol. The Kier molecular flexibility index (Phi) is 5.01. The highest BCUT2D eigenvalue weighted by Crippen LogP contribution is 2.18. The van der Waals surface area contributed by atoms with Crippen LogP contribution in [0, 0.1) is 0 Å². The van der Waals surface area contributed by atoms with Crippen molar-refractivity contribution in [1.82, 2.24) is 9.88 Å². The normalized spacial score (nSPS) is 10.7. The minimum absolute atomic E-state index is 0.0199. The summed E-state index contributed by atoms with van der Waals surface area (Å²) in [6.07, 6.45) is 3.82. The van der Waals surface area contributed by atoms with Gasteiger partial charge in [0.1, 0.15) is 0 Å². The van der Waals surface area contributed by atoms with Gasteiger partial charge < -0.3 is 20.3 Å². The third-order valence-electron chi connectivity index (χ3n) is 3.24. The number of aromatic nitrogens is 1. The standard InChI is InChI=1S/C15H21N3O2/c1-2-3-8-18(9-10-19)15(20)17-13-4-5-14-12(11-13)6-7-16-14/h4-7,11,16,19H,2-3,8-10H2,1H3,(H,17,20). The third-order valence-corrected chi connectivity index (χ3v) is 3.24. The van der Waals surface area contributed by atoms with Gasteiger partial charge in [0.05, 0.1) is 6.61 Å². The van der Waals surface area contributed by atoms with Crippen LogP contribution in [0.3, 0.4) is 0 Å². The molecule has 2 aromatic rings. The lowest BCUT2D eigenvalue weighted by atomic mass is 10.2. The van der Waals surface area contributed by atoms with E-state index in [-0.39, 0.29) is 12.6 Å². The Morgan fingerprint density at radius 3 is 2.95 bits per heavy atom. The molecule has 0 saturated heterocycles. The van der Waals surface area contributed by atoms with Crippen molar-refractivity contribution in [3.05, 3.63) is 30.5 Å². The number of hydrogen-bond acceptors (Lipinski definition) is 2. The Bertz CT molecular complexity index is 565. The number of amides is 2. The van der Waals surface area contributed by atoms with Crippen molar-refractivity contribution < 1.29 is 9.90 Å². The number of nitrogens with one attached hydrogen (secondary N) is 2. The van der Waals surface area contributed by atoms with E-state index in [1.165, 1.54) is 0 Å². The number of anilines is 1. The number of benzene rings is 1. The van der Waals surface area contributed by atoms with Crippen molar-refractivity contribution in [3.63, 3.8) is 0 Å². The highest BCUT2D eigenvalue weighted by atomic mass is 16.3. The van der Waals surface area contributed by atoms with Gasteiger partial charge in [0, 0.05) is 35.9 Å². The van der Waals surface area contributed by atoms with Crippen molar-refractivity contribution in [2.45, 2.75) is 19.8 Å². The first-order valence-electron chi connectivity index (χ1n) is 6.98. The summed E-state index contributed by atoms with van der Waals surface area (Å²) >= 11 is 0. The number of unbranched alkanes of at least 4 members (excludes halogenated alkanes) is 1. The lowest BCUT2D eigenvalue weighted by Crippen LogP contribution is -2.37. The minimum atomic E-state index is -0.164. The maximum absolute atomic E-state index is 12.2. The molecule has 0 atom stereocenters. The first-order valence-corrected chi connectivity index (χ1v) is 6.98. The Hall–Kier alpha value is -2.01. The van der Waals surface area contributed by atoms with Crippen LogP contribution in [0.5, 0.6) is 0 Å². The lowest BCUT2D eigenvalue weighted by Gasteiger charge is -2.22. The van der Waals surface area contributed by atoms with E-state index in [2.05, 4.69) is 17.2 Å². The average Bonchev–Trinajstić information content (AvgIpc) is 2.90. The van der Waals surface area contributed by atoms with E-state index in [0.29, 0.717) is 13.1 Å². The van der Waals surface area contributed by atoms with E-state index in [0.717, 1.165) is 29.4 Å². The van der Waals surface area contributed by atoms with E-state index in [1.54, 1.807) is 4.90 Å². The SMILES string of the molecule is CCCCN(CCO)C(=O)Nc1ccc2[nH]ccc2c1. The molecule has 108 valence electrons. The van der Waals surface area contributed by atoms with Gasteiger partial charge in [-0.2, -0.15) is 0 Å². The smallest absolute Gasteiger partial charge is 0.321 e. The molecule has 2 amide bonds. The molecule has 1 heterocycles. The second-order valence-electron chi connectivity index (χ2n) is 4.77. The topological polar surface area (TPSA) is 68.4 Å². The number of H-pyrrole nitrogens is 1. The van der Waals surface area contributed by atoms with E-state index >= 15 is 0 Å². The van der Waals surface area contributed by atoms with Crippen molar-refractivity contribution in [1.29, 1.82) is 0 Å². The average molecular weight is 275 g/mol. The van der Waals surface area contributed by atoms with Gasteiger partial charge in [-0.05, 0) is 30.7 Å². The summed E-state index contributed by atoms with van der Waals surface area (Å²) in [5.41, 5.74) is 1.81. The van der Waals surface area contributed by atoms with Crippen LogP contribution in [0.4, 0.5) is 10.5 Å². The number of aliphatic hydroxyl groups excluding tert-OH is 1. The number of urea groups is 1. The van der Waals surface area contributed by atoms with Crippen molar-refractivity contribution in [2.75, 3.05) is 25.0 Å². The molecule has 0 fully saturated rings. The van der Waals surface area contributed by atoms with Crippen LogP contribution >= 0.6 is 0 Å². The first kappa shape index (κ1) is 14.4. The number of carbonyl (C=O) groups excluding carboxylic acids is 1. The van der Waals surface area contributed by atoms with Crippen molar-refractivity contribution >= 4 is 22.6 Å². The van der Waals surface area contributed by atoms with Gasteiger partial charge in [-0.1, -0.05) is 13.3 Å². The molecule has 5 nitrogen and oxygen atoms in total. The zero-order chi connectivity index (χ0) is 14.4. The summed E-state index contributed by atoms with van der Waals surface area (Å²) in [7, 11) is 0. The predicted molar refractivity (Wildman–Crippen MR) is 80.9 cm³/mol. The number of aromatic amines is 1. The molecule has 0 radical (unpaired) electrons. The van der Waals surface area contributed by atoms with Gasteiger partial charge >= 0.3 is 6.03 Å². The van der Waals surface area contributed by atoms with Crippen LogP contribution in [0.25, 0.3) is 10.9 Å². The van der Waals surface area contributed by atoms with E-state index in [9.17, 15) is 4.79 Å². The molecule has 0 aliphatic rings. The maximum Gasteiger partial charge on any atom is 0.321 e. The quantitative estimate of drug-likeness (QED) is 0.758. The third kappa shape index (κ3) is 3.51. The van der Waals surface area contributed by atoms with Crippen LogP contribution in [0.1, 0.15) is 19.8 Å². The van der Waals surface area contributed by atoms with Gasteiger partial charge in [0.2, 0.25) is 0 Å². The van der Waals surface area contributed by atoms with Crippen LogP contribution < -0.4 is 5.32 Å². The molecule has 0 saturated carbocycles. The Labute approximate surface area is 118 Å². The Morgan fingerprint density at radius 2 is 2.20 bits per heavy atom. The van der Waals surface area contributed by atoms with Crippen LogP contribution in [-0.4, -0.2) is 40.7 Å². The molecule has 1 aromatic carbocycles. The molecule has 0 bridgehead atoms. The summed E-state index contributed by atoms with van der Waals surface area (Å²) in [6, 6.07) is 7.54. The fourth-order valence-corrected chi connectivity index (χ4v) is 2.12. The van der Waals surface area contributed by atoms with Gasteiger partial charge in [-0.15, -0.1) is 0 Å². The summed E-state index contributed by atoms with van der Waals surface area (Å²) in [6.45, 7) is 3.08. The largest absolute Gasteiger partial charge is 0.395 e. The van der Waals surface area contributed by atoms with Gasteiger partial charge in [0.25, 0.3) is 0 Å². The molecule has 0 aliphatic heterocycles. The highest BCUT2D eigenvalue weighted by molar-refractivity contribution is 5.92. The zero-order valence-electron chi connectivity index (χ0n) is 11.7. The van der Waals surface area contributed by atoms with E-state index < -0.39 is 0 Å². The van der Waals surface area contributed by atoms with Crippen LogP contribution in [0.2, 0.25) is 0 Å². The number of carbonyl (C=O) groups is 1. The second kappa shape index (κ2) is 6.96. The summed E-state index contributed by atoms with van der Waals surface area (Å²) in [4.78, 5) is 16.9. The summed E-state index contributed by atoms with van der Waals surface area (Å²) in [5.74, 6) is 0. The first-order chi connectivity index (χ1) is 9.74. The fraction of sp³-hybridized carbons (Fsp3) is 0.400. The molecule has 3 N–H and O–H groups in total. The molecule has 1 aromatic heterocycles. The summed E-state index contributed by atoms with van der Waals surface area (Å²) in [5, 5.41) is 13.0. The summed E-state index contributed by atoms with van der Waals surface area (Å²) < 4.78 is 0. The Balaban J connectivity index is 2.03. The second-order valence-corrected chi connectivity index (χ2v) is 4.77. The number of hydrogen-bond donors (Lipinski definition) is 3. The number of aliphatic hydroxyl groups is 1. The van der Waals surface area contributed by atoms with Crippen LogP contribution in [-0.2, 0) is 0 Å². The van der Waals surface area contributed by atoms with Crippen LogP contribution in [0.15, 0.2) is 30.5 Å². The highest BCUT2D eigenvalue weighted by Gasteiger charge is 2.12. The number of fused-ring (bicyclic) bond motifs is 1. The van der Waals surface area contributed by atoms with E-state index in [1.807, 2.05) is 30.5 Å². The number of nitrogens with zero attached hydrogens (tertiary/aromatic N) is 1. The molecule has 5 heteroatoms. The molecule has 0 aliphatic carbocycles. The molecule has 2 rings (SSSR count). The lowest BCUT2D eigenvalue weighted by molar-refractivity contribution is 0.187. The Morgan fingerprint density at radius 1 is 1.35 bits per heavy atom. The fourth-order valence-electron chi connectivity index (χ4n) is 2.12. The molecule has 20 heavy (non-hydrogen) atoms. The molecule has 0 unspecified atom stereocenters. The molecule has 0 spiro atoms. The predicted octanol–water partition coefficient (Wildman–Crippen LogP) is 2.79. The molecular formula is C15H21N3O2. The number of rotatable bonds is 6. The zero-order valence-corrected chi connectivity index (χ0v) is 11.7. The van der Waals surface area contributed by atoms with Gasteiger partial charge in [0.15, 0.2) is 0 Å². The van der Waals surface area contributed by atoms with Gasteiger partial charge in [-0.25, -0.2) is 4.79 Å².